The number of halogens is 6. The molecule has 3 heterocycles. The number of carbonyl (C=O) groups excluding carboxylic acids is 1. The van der Waals surface area contributed by atoms with Crippen LogP contribution < -0.4 is 9.64 Å². The van der Waals surface area contributed by atoms with Crippen molar-refractivity contribution in [1.29, 1.82) is 0 Å². The van der Waals surface area contributed by atoms with Crippen molar-refractivity contribution in [3.63, 3.8) is 0 Å². The number of aromatic nitrogens is 1. The predicted molar refractivity (Wildman–Crippen MR) is 161 cm³/mol. The summed E-state index contributed by atoms with van der Waals surface area (Å²) in [6.45, 7) is 2.93. The number of aliphatic carboxylic acids is 1. The van der Waals surface area contributed by atoms with Gasteiger partial charge in [0.25, 0.3) is 0 Å². The highest BCUT2D eigenvalue weighted by atomic mass is 19.4. The van der Waals surface area contributed by atoms with E-state index in [1.807, 2.05) is 35.2 Å². The number of carboxylic acid groups (broad SMARTS) is 1. The van der Waals surface area contributed by atoms with Crippen molar-refractivity contribution in [3.8, 4) is 16.9 Å². The van der Waals surface area contributed by atoms with Crippen LogP contribution in [0, 0.1) is 5.92 Å². The standard InChI is InChI=1S/C34H33F6N3O5/c1-18-31(22-13-23(33(35,36)37)16-24(14-22)34(38,39)40)48-32(46)43(18)17-27-25(5-7-29(41-27)42-8-3-9-42)26-15-20(4-6-28(26)47-2)21-10-19(11-21)12-30(44)45/h4-7,13-16,18-19,21,31H,3,8-12,17H2,1-2H3,(H,44,45)/t18-,19-,21-,31-/m0/s1. The minimum atomic E-state index is -5.05. The first-order valence-corrected chi connectivity index (χ1v) is 15.5. The molecule has 3 aliphatic rings. The van der Waals surface area contributed by atoms with E-state index >= 15 is 0 Å². The van der Waals surface area contributed by atoms with Crippen molar-refractivity contribution >= 4 is 17.9 Å². The number of alkyl halides is 6. The lowest BCUT2D eigenvalue weighted by atomic mass is 9.70. The third-order valence-electron chi connectivity index (χ3n) is 9.47. The molecule has 3 fully saturated rings. The normalized spacial score (nSPS) is 22.6. The molecule has 2 aliphatic heterocycles. The van der Waals surface area contributed by atoms with Gasteiger partial charge < -0.3 is 19.5 Å². The van der Waals surface area contributed by atoms with E-state index in [-0.39, 0.29) is 30.9 Å². The summed E-state index contributed by atoms with van der Waals surface area (Å²) >= 11 is 0. The maximum atomic E-state index is 13.6. The first-order chi connectivity index (χ1) is 22.6. The van der Waals surface area contributed by atoms with E-state index in [9.17, 15) is 35.9 Å². The molecule has 14 heteroatoms. The van der Waals surface area contributed by atoms with Crippen LogP contribution in [0.25, 0.3) is 11.1 Å². The lowest BCUT2D eigenvalue weighted by Gasteiger charge is -2.35. The van der Waals surface area contributed by atoms with Crippen LogP contribution in [0.5, 0.6) is 5.75 Å². The molecule has 2 saturated heterocycles. The number of hydrogen-bond acceptors (Lipinski definition) is 6. The van der Waals surface area contributed by atoms with Gasteiger partial charge in [-0.05, 0) is 91.6 Å². The molecule has 1 aliphatic carbocycles. The van der Waals surface area contributed by atoms with E-state index in [2.05, 4.69) is 0 Å². The van der Waals surface area contributed by atoms with Crippen LogP contribution in [0.4, 0.5) is 37.0 Å². The van der Waals surface area contributed by atoms with Crippen molar-refractivity contribution in [3.05, 3.63) is 76.5 Å². The Morgan fingerprint density at radius 1 is 0.958 bits per heavy atom. The average Bonchev–Trinajstić information content (AvgIpc) is 3.25. The summed E-state index contributed by atoms with van der Waals surface area (Å²) in [4.78, 5) is 32.6. The molecule has 1 N–H and O–H groups in total. The number of pyridine rings is 1. The van der Waals surface area contributed by atoms with Gasteiger partial charge in [0.1, 0.15) is 17.7 Å². The highest BCUT2D eigenvalue weighted by molar-refractivity contribution is 5.76. The first-order valence-electron chi connectivity index (χ1n) is 15.5. The van der Waals surface area contributed by atoms with E-state index in [1.165, 1.54) is 18.9 Å². The van der Waals surface area contributed by atoms with Gasteiger partial charge in [0.2, 0.25) is 0 Å². The van der Waals surface area contributed by atoms with E-state index in [0.29, 0.717) is 40.5 Å². The third kappa shape index (κ3) is 6.61. The van der Waals surface area contributed by atoms with Crippen LogP contribution >= 0.6 is 0 Å². The number of amides is 1. The van der Waals surface area contributed by atoms with Crippen molar-refractivity contribution in [2.45, 2.75) is 69.6 Å². The molecule has 3 aromatic rings. The summed E-state index contributed by atoms with van der Waals surface area (Å²) in [6, 6.07) is 9.68. The van der Waals surface area contributed by atoms with Gasteiger partial charge in [-0.3, -0.25) is 9.69 Å². The van der Waals surface area contributed by atoms with Crippen molar-refractivity contribution in [2.24, 2.45) is 5.92 Å². The summed E-state index contributed by atoms with van der Waals surface area (Å²) in [5.74, 6) is 0.594. The van der Waals surface area contributed by atoms with E-state index in [4.69, 9.17) is 19.6 Å². The first kappa shape index (κ1) is 33.4. The smallest absolute Gasteiger partial charge is 0.416 e. The molecule has 0 bridgehead atoms. The van der Waals surface area contributed by atoms with Gasteiger partial charge in [0.15, 0.2) is 0 Å². The zero-order valence-electron chi connectivity index (χ0n) is 26.1. The number of rotatable bonds is 9. The Bertz CT molecular complexity index is 1690. The average molecular weight is 678 g/mol. The zero-order chi connectivity index (χ0) is 34.5. The predicted octanol–water partition coefficient (Wildman–Crippen LogP) is 8.06. The van der Waals surface area contributed by atoms with Gasteiger partial charge in [-0.2, -0.15) is 26.3 Å². The molecule has 8 nitrogen and oxygen atoms in total. The fourth-order valence-electron chi connectivity index (χ4n) is 6.65. The van der Waals surface area contributed by atoms with Crippen molar-refractivity contribution in [2.75, 3.05) is 25.1 Å². The molecule has 1 saturated carbocycles. The SMILES string of the molecule is COc1ccc([C@H]2C[C@H](CC(=O)O)C2)cc1-c1ccc(N2CCC2)nc1CN1C(=O)O[C@H](c2cc(C(F)(F)F)cc(C(F)(F)F)c2)[C@@H]1C. The number of carboxylic acids is 1. The van der Waals surface area contributed by atoms with Gasteiger partial charge in [-0.1, -0.05) is 6.07 Å². The molecule has 1 aromatic heterocycles. The van der Waals surface area contributed by atoms with Gasteiger partial charge in [-0.25, -0.2) is 9.78 Å². The number of ether oxygens (including phenoxy) is 2. The minimum absolute atomic E-state index is 0.0393. The molecule has 2 aromatic carbocycles. The fourth-order valence-corrected chi connectivity index (χ4v) is 6.65. The van der Waals surface area contributed by atoms with E-state index in [1.54, 1.807) is 0 Å². The Balaban J connectivity index is 1.34. The highest BCUT2D eigenvalue weighted by Gasteiger charge is 2.44. The minimum Gasteiger partial charge on any atom is -0.496 e. The Labute approximate surface area is 272 Å². The molecule has 256 valence electrons. The second-order valence-corrected chi connectivity index (χ2v) is 12.6. The van der Waals surface area contributed by atoms with E-state index in [0.717, 1.165) is 37.9 Å². The second kappa shape index (κ2) is 12.5. The van der Waals surface area contributed by atoms with Crippen LogP contribution in [-0.2, 0) is 28.4 Å². The topological polar surface area (TPSA) is 92.2 Å². The van der Waals surface area contributed by atoms with Gasteiger partial charge >= 0.3 is 24.4 Å². The summed E-state index contributed by atoms with van der Waals surface area (Å²) < 4.78 is 92.8. The fraction of sp³-hybridized carbons (Fsp3) is 0.441. The van der Waals surface area contributed by atoms with Crippen molar-refractivity contribution < 1.29 is 50.5 Å². The lowest BCUT2D eigenvalue weighted by molar-refractivity contribution is -0.143. The number of cyclic esters (lactones) is 1. The molecule has 6 rings (SSSR count). The van der Waals surface area contributed by atoms with Crippen LogP contribution in [0.15, 0.2) is 48.5 Å². The Morgan fingerprint density at radius 3 is 2.19 bits per heavy atom. The molecule has 0 spiro atoms. The number of carbonyl (C=O) groups is 2. The lowest BCUT2D eigenvalue weighted by Crippen LogP contribution is -2.38. The quantitative estimate of drug-likeness (QED) is 0.229. The zero-order valence-corrected chi connectivity index (χ0v) is 26.1. The third-order valence-corrected chi connectivity index (χ3v) is 9.47. The summed E-state index contributed by atoms with van der Waals surface area (Å²) in [7, 11) is 1.51. The molecule has 1 amide bonds. The second-order valence-electron chi connectivity index (χ2n) is 12.6. The Hall–Kier alpha value is -4.49. The van der Waals surface area contributed by atoms with Crippen molar-refractivity contribution in [1.82, 2.24) is 9.88 Å². The van der Waals surface area contributed by atoms with Crippen LogP contribution in [0.2, 0.25) is 0 Å². The number of methoxy groups -OCH3 is 1. The molecule has 48 heavy (non-hydrogen) atoms. The molecular formula is C34H33F6N3O5. The number of nitrogens with zero attached hydrogens (tertiary/aromatic N) is 3. The van der Waals surface area contributed by atoms with Gasteiger partial charge in [0.05, 0.1) is 36.5 Å². The number of anilines is 1. The molecule has 0 radical (unpaired) electrons. The van der Waals surface area contributed by atoms with Gasteiger partial charge in [0, 0.05) is 30.6 Å². The summed E-state index contributed by atoms with van der Waals surface area (Å²) in [5.41, 5.74) is -0.666. The van der Waals surface area contributed by atoms with Gasteiger partial charge in [-0.15, -0.1) is 0 Å². The maximum absolute atomic E-state index is 13.6. The van der Waals surface area contributed by atoms with E-state index < -0.39 is 53.3 Å². The Kier molecular flexibility index (Phi) is 8.71. The largest absolute Gasteiger partial charge is 0.496 e. The number of hydrogen-bond donors (Lipinski definition) is 1. The number of benzene rings is 2. The Morgan fingerprint density at radius 2 is 1.62 bits per heavy atom. The molecule has 2 atom stereocenters. The summed E-state index contributed by atoms with van der Waals surface area (Å²) in [6.07, 6.45) is -9.88. The highest BCUT2D eigenvalue weighted by Crippen LogP contribution is 2.46. The monoisotopic (exact) mass is 677 g/mol. The van der Waals surface area contributed by atoms with Crippen LogP contribution in [-0.4, -0.2) is 53.3 Å². The molecular weight excluding hydrogens is 644 g/mol. The van der Waals surface area contributed by atoms with Crippen LogP contribution in [0.1, 0.15) is 72.6 Å². The van der Waals surface area contributed by atoms with Crippen LogP contribution in [0.3, 0.4) is 0 Å². The molecule has 0 unspecified atom stereocenters. The summed E-state index contributed by atoms with van der Waals surface area (Å²) in [5, 5.41) is 9.15. The maximum Gasteiger partial charge on any atom is 0.416 e.